The van der Waals surface area contributed by atoms with Crippen LogP contribution in [0.5, 0.6) is 0 Å². The van der Waals surface area contributed by atoms with Gasteiger partial charge < -0.3 is 10.2 Å². The van der Waals surface area contributed by atoms with E-state index in [4.69, 9.17) is 0 Å². The molecule has 2 aliphatic rings. The van der Waals surface area contributed by atoms with Gasteiger partial charge in [-0.3, -0.25) is 14.6 Å². The van der Waals surface area contributed by atoms with Crippen molar-refractivity contribution in [2.45, 2.75) is 13.0 Å². The molecular formula is C28H28F2N4O2. The predicted octanol–water partition coefficient (Wildman–Crippen LogP) is 4.35. The normalized spacial score (nSPS) is 16.5. The summed E-state index contributed by atoms with van der Waals surface area (Å²) in [6, 6.07) is 17.9. The Morgan fingerprint density at radius 3 is 1.92 bits per heavy atom. The van der Waals surface area contributed by atoms with Crippen LogP contribution < -0.4 is 10.2 Å². The second kappa shape index (κ2) is 10.1. The summed E-state index contributed by atoms with van der Waals surface area (Å²) in [5.41, 5.74) is 4.12. The molecule has 2 saturated heterocycles. The monoisotopic (exact) mass is 490 g/mol. The molecule has 1 N–H and O–H groups in total. The van der Waals surface area contributed by atoms with Crippen LogP contribution in [-0.2, 0) is 0 Å². The molecule has 186 valence electrons. The lowest BCUT2D eigenvalue weighted by molar-refractivity contribution is 0.0597. The summed E-state index contributed by atoms with van der Waals surface area (Å²) in [7, 11) is 0. The van der Waals surface area contributed by atoms with E-state index in [0.717, 1.165) is 22.4 Å². The van der Waals surface area contributed by atoms with Crippen LogP contribution in [0.3, 0.4) is 0 Å². The number of benzene rings is 3. The number of nitrogens with zero attached hydrogens (tertiary/aromatic N) is 3. The molecular weight excluding hydrogens is 462 g/mol. The van der Waals surface area contributed by atoms with Gasteiger partial charge in [0, 0.05) is 50.5 Å². The zero-order valence-electron chi connectivity index (χ0n) is 20.1. The first-order chi connectivity index (χ1) is 17.4. The average Bonchev–Trinajstić information content (AvgIpc) is 3.32. The molecule has 0 spiro atoms. The van der Waals surface area contributed by atoms with Gasteiger partial charge in [0.25, 0.3) is 5.91 Å². The third kappa shape index (κ3) is 4.81. The van der Waals surface area contributed by atoms with Crippen LogP contribution in [-0.4, -0.2) is 61.0 Å². The fourth-order valence-electron chi connectivity index (χ4n) is 5.06. The van der Waals surface area contributed by atoms with E-state index in [1.165, 1.54) is 24.3 Å². The maximum absolute atomic E-state index is 13.6. The number of nitrogens with one attached hydrogen (secondary N) is 1. The Hall–Kier alpha value is -3.78. The summed E-state index contributed by atoms with van der Waals surface area (Å²) in [4.78, 5) is 31.0. The first kappa shape index (κ1) is 23.9. The Labute approximate surface area is 209 Å². The van der Waals surface area contributed by atoms with Gasteiger partial charge in [-0.2, -0.15) is 0 Å². The number of urea groups is 1. The van der Waals surface area contributed by atoms with Gasteiger partial charge in [0.1, 0.15) is 11.6 Å². The summed E-state index contributed by atoms with van der Waals surface area (Å²) in [5, 5.41) is 2.80. The smallest absolute Gasteiger partial charge is 0.322 e. The lowest BCUT2D eigenvalue weighted by Gasteiger charge is -2.40. The van der Waals surface area contributed by atoms with Crippen LogP contribution in [0.15, 0.2) is 66.7 Å². The predicted molar refractivity (Wildman–Crippen MR) is 134 cm³/mol. The van der Waals surface area contributed by atoms with Gasteiger partial charge in [0.15, 0.2) is 0 Å². The molecule has 2 heterocycles. The molecule has 0 bridgehead atoms. The van der Waals surface area contributed by atoms with Crippen molar-refractivity contribution in [2.24, 2.45) is 0 Å². The van der Waals surface area contributed by atoms with E-state index in [2.05, 4.69) is 10.2 Å². The second-order valence-electron chi connectivity index (χ2n) is 9.22. The van der Waals surface area contributed by atoms with Crippen molar-refractivity contribution in [2.75, 3.05) is 44.2 Å². The lowest BCUT2D eigenvalue weighted by atomic mass is 9.96. The molecule has 6 nitrogen and oxygen atoms in total. The number of carbonyl (C=O) groups excluding carboxylic acids is 2. The molecule has 3 aromatic rings. The molecule has 3 amide bonds. The Bertz CT molecular complexity index is 1210. The number of rotatable bonds is 5. The zero-order valence-corrected chi connectivity index (χ0v) is 20.1. The van der Waals surface area contributed by atoms with Crippen molar-refractivity contribution in [3.63, 3.8) is 0 Å². The molecule has 5 rings (SSSR count). The van der Waals surface area contributed by atoms with E-state index in [1.807, 2.05) is 24.0 Å². The molecule has 0 aliphatic carbocycles. The van der Waals surface area contributed by atoms with E-state index >= 15 is 0 Å². The number of piperazine rings is 1. The molecule has 0 aromatic heterocycles. The van der Waals surface area contributed by atoms with Crippen molar-refractivity contribution >= 4 is 17.6 Å². The van der Waals surface area contributed by atoms with Crippen LogP contribution in [0.1, 0.15) is 33.1 Å². The minimum atomic E-state index is -0.307. The van der Waals surface area contributed by atoms with Gasteiger partial charge in [0.2, 0.25) is 0 Å². The summed E-state index contributed by atoms with van der Waals surface area (Å²) >= 11 is 0. The maximum atomic E-state index is 13.6. The molecule has 0 atom stereocenters. The van der Waals surface area contributed by atoms with Gasteiger partial charge in [-0.15, -0.1) is 0 Å². The highest BCUT2D eigenvalue weighted by Crippen LogP contribution is 2.30. The van der Waals surface area contributed by atoms with Crippen molar-refractivity contribution in [3.05, 3.63) is 101 Å². The van der Waals surface area contributed by atoms with Gasteiger partial charge in [-0.25, -0.2) is 13.6 Å². The SMILES string of the molecule is Cc1cc(C(=O)N2CCN(C(c3ccc(F)cc3)c3ccc(F)cc3)CC2)ccc1N1CCNC1=O. The van der Waals surface area contributed by atoms with Crippen molar-refractivity contribution in [3.8, 4) is 0 Å². The molecule has 0 radical (unpaired) electrons. The van der Waals surface area contributed by atoms with E-state index in [0.29, 0.717) is 44.8 Å². The van der Waals surface area contributed by atoms with Gasteiger partial charge in [0.05, 0.1) is 6.04 Å². The second-order valence-corrected chi connectivity index (χ2v) is 9.22. The topological polar surface area (TPSA) is 55.9 Å². The number of amides is 3. The average molecular weight is 491 g/mol. The van der Waals surface area contributed by atoms with Crippen LogP contribution in [0.2, 0.25) is 0 Å². The lowest BCUT2D eigenvalue weighted by Crippen LogP contribution is -2.49. The minimum absolute atomic E-state index is 0.0460. The minimum Gasteiger partial charge on any atom is -0.336 e. The first-order valence-corrected chi connectivity index (χ1v) is 12.1. The van der Waals surface area contributed by atoms with Gasteiger partial charge in [-0.1, -0.05) is 24.3 Å². The van der Waals surface area contributed by atoms with Gasteiger partial charge >= 0.3 is 6.03 Å². The molecule has 0 unspecified atom stereocenters. The van der Waals surface area contributed by atoms with Crippen molar-refractivity contribution in [1.82, 2.24) is 15.1 Å². The van der Waals surface area contributed by atoms with Crippen LogP contribution >= 0.6 is 0 Å². The molecule has 3 aromatic carbocycles. The Morgan fingerprint density at radius 1 is 0.833 bits per heavy atom. The summed E-state index contributed by atoms with van der Waals surface area (Å²) in [6.45, 7) is 5.44. The number of carbonyl (C=O) groups is 2. The zero-order chi connectivity index (χ0) is 25.2. The number of aryl methyl sites for hydroxylation is 1. The van der Waals surface area contributed by atoms with E-state index in [-0.39, 0.29) is 29.6 Å². The van der Waals surface area contributed by atoms with E-state index in [1.54, 1.807) is 35.2 Å². The first-order valence-electron chi connectivity index (χ1n) is 12.1. The van der Waals surface area contributed by atoms with E-state index < -0.39 is 0 Å². The van der Waals surface area contributed by atoms with Crippen LogP contribution in [0, 0.1) is 18.6 Å². The van der Waals surface area contributed by atoms with Crippen molar-refractivity contribution in [1.29, 1.82) is 0 Å². The quantitative estimate of drug-likeness (QED) is 0.579. The number of hydrogen-bond donors (Lipinski definition) is 1. The van der Waals surface area contributed by atoms with Crippen LogP contribution in [0.25, 0.3) is 0 Å². The number of anilines is 1. The number of hydrogen-bond acceptors (Lipinski definition) is 3. The Balaban J connectivity index is 1.30. The Morgan fingerprint density at radius 2 is 1.42 bits per heavy atom. The fraction of sp³-hybridized carbons (Fsp3) is 0.286. The van der Waals surface area contributed by atoms with Gasteiger partial charge in [-0.05, 0) is 66.1 Å². The fourth-order valence-corrected chi connectivity index (χ4v) is 5.06. The third-order valence-corrected chi connectivity index (χ3v) is 6.93. The molecule has 2 fully saturated rings. The van der Waals surface area contributed by atoms with E-state index in [9.17, 15) is 18.4 Å². The van der Waals surface area contributed by atoms with Crippen LogP contribution in [0.4, 0.5) is 19.3 Å². The van der Waals surface area contributed by atoms with Crippen molar-refractivity contribution < 1.29 is 18.4 Å². The largest absolute Gasteiger partial charge is 0.336 e. The Kier molecular flexibility index (Phi) is 6.69. The molecule has 36 heavy (non-hydrogen) atoms. The maximum Gasteiger partial charge on any atom is 0.322 e. The summed E-state index contributed by atoms with van der Waals surface area (Å²) in [5.74, 6) is -0.660. The molecule has 0 saturated carbocycles. The standard InChI is InChI=1S/C28H28F2N4O2/c1-19-18-22(6-11-25(19)34-13-12-31-28(34)36)27(35)33-16-14-32(15-17-33)26(20-2-7-23(29)8-3-20)21-4-9-24(30)10-5-21/h2-11,18,26H,12-17H2,1H3,(H,31,36). The molecule has 8 heteroatoms. The highest BCUT2D eigenvalue weighted by Gasteiger charge is 2.29. The third-order valence-electron chi connectivity index (χ3n) is 6.93. The molecule has 2 aliphatic heterocycles. The summed E-state index contributed by atoms with van der Waals surface area (Å²) in [6.07, 6.45) is 0. The number of halogens is 2. The highest BCUT2D eigenvalue weighted by atomic mass is 19.1. The highest BCUT2D eigenvalue weighted by molar-refractivity contribution is 5.98. The summed E-state index contributed by atoms with van der Waals surface area (Å²) < 4.78 is 27.2.